The first-order chi connectivity index (χ1) is 7.16. The maximum Gasteiger partial charge on any atom is 0.239 e. The molecular formula is C7H5Br3O4S2. The predicted octanol–water partition coefficient (Wildman–Crippen LogP) is 2.84. The molecule has 1 atom stereocenters. The third-order valence-corrected chi connectivity index (χ3v) is 7.60. The van der Waals surface area contributed by atoms with Crippen molar-refractivity contribution in [2.45, 2.75) is 11.3 Å². The summed E-state index contributed by atoms with van der Waals surface area (Å²) < 4.78 is 42.0. The van der Waals surface area contributed by atoms with Crippen LogP contribution in [0.3, 0.4) is 0 Å². The standard InChI is InChI=1S/C7H5Br3O4S2/c8-7(9,10)16(13,14)6-3-1-2-5(4-6)15(11)12/h1-4H,(H,11,12). The normalized spacial score (nSPS) is 14.8. The fourth-order valence-corrected chi connectivity index (χ4v) is 3.87. The molecule has 0 fully saturated rings. The molecule has 0 bridgehead atoms. The third-order valence-electron chi connectivity index (χ3n) is 1.62. The van der Waals surface area contributed by atoms with E-state index in [0.29, 0.717) is 0 Å². The molecule has 90 valence electrons. The first-order valence-corrected chi connectivity index (χ1v) is 8.65. The van der Waals surface area contributed by atoms with E-state index in [2.05, 4.69) is 47.8 Å². The van der Waals surface area contributed by atoms with Crippen molar-refractivity contribution >= 4 is 68.7 Å². The van der Waals surface area contributed by atoms with Crippen LogP contribution in [0.15, 0.2) is 34.1 Å². The van der Waals surface area contributed by atoms with Crippen LogP contribution in [0.2, 0.25) is 0 Å². The van der Waals surface area contributed by atoms with Crippen molar-refractivity contribution in [1.29, 1.82) is 0 Å². The Morgan fingerprint density at radius 2 is 1.81 bits per heavy atom. The Labute approximate surface area is 120 Å². The third kappa shape index (κ3) is 3.14. The molecule has 0 amide bonds. The van der Waals surface area contributed by atoms with Crippen LogP contribution in [0.25, 0.3) is 0 Å². The van der Waals surface area contributed by atoms with Crippen molar-refractivity contribution in [3.05, 3.63) is 24.3 Å². The Morgan fingerprint density at radius 3 is 2.25 bits per heavy atom. The second-order valence-electron chi connectivity index (χ2n) is 2.67. The maximum atomic E-state index is 11.9. The summed E-state index contributed by atoms with van der Waals surface area (Å²) in [5, 5.41) is 0. The van der Waals surface area contributed by atoms with Crippen LogP contribution in [0.5, 0.6) is 0 Å². The second-order valence-corrected chi connectivity index (χ2v) is 14.1. The maximum absolute atomic E-state index is 11.9. The fraction of sp³-hybridized carbons (Fsp3) is 0.143. The lowest BCUT2D eigenvalue weighted by Crippen LogP contribution is -2.18. The van der Waals surface area contributed by atoms with E-state index < -0.39 is 22.4 Å². The van der Waals surface area contributed by atoms with Crippen LogP contribution >= 0.6 is 47.8 Å². The Morgan fingerprint density at radius 1 is 1.25 bits per heavy atom. The molecule has 16 heavy (non-hydrogen) atoms. The van der Waals surface area contributed by atoms with Gasteiger partial charge in [-0.05, 0) is 66.0 Å². The number of hydrogen-bond acceptors (Lipinski definition) is 3. The van der Waals surface area contributed by atoms with Crippen LogP contribution in [-0.2, 0) is 20.9 Å². The summed E-state index contributed by atoms with van der Waals surface area (Å²) in [6.07, 6.45) is 0. The molecule has 0 aliphatic carbocycles. The van der Waals surface area contributed by atoms with Gasteiger partial charge in [-0.15, -0.1) is 0 Å². The van der Waals surface area contributed by atoms with E-state index in [-0.39, 0.29) is 9.79 Å². The van der Waals surface area contributed by atoms with Gasteiger partial charge >= 0.3 is 0 Å². The van der Waals surface area contributed by atoms with E-state index in [0.717, 1.165) is 6.07 Å². The topological polar surface area (TPSA) is 71.4 Å². The van der Waals surface area contributed by atoms with E-state index in [4.69, 9.17) is 4.55 Å². The van der Waals surface area contributed by atoms with Crippen molar-refractivity contribution in [1.82, 2.24) is 0 Å². The monoisotopic (exact) mass is 454 g/mol. The van der Waals surface area contributed by atoms with E-state index in [9.17, 15) is 12.6 Å². The summed E-state index contributed by atoms with van der Waals surface area (Å²) in [7, 11) is -3.73. The summed E-state index contributed by atoms with van der Waals surface area (Å²) in [4.78, 5) is -0.0455. The highest BCUT2D eigenvalue weighted by atomic mass is 80.0. The number of rotatable bonds is 2. The van der Waals surface area contributed by atoms with Gasteiger partial charge in [-0.1, -0.05) is 6.07 Å². The molecule has 1 unspecified atom stereocenters. The molecule has 1 N–H and O–H groups in total. The summed E-state index contributed by atoms with van der Waals surface area (Å²) in [5.74, 6) is 0. The zero-order chi connectivity index (χ0) is 12.6. The summed E-state index contributed by atoms with van der Waals surface area (Å²) in [5.41, 5.74) is 0. The van der Waals surface area contributed by atoms with E-state index >= 15 is 0 Å². The highest BCUT2D eigenvalue weighted by Crippen LogP contribution is 2.43. The van der Waals surface area contributed by atoms with Gasteiger partial charge in [-0.3, -0.25) is 0 Å². The fourth-order valence-electron chi connectivity index (χ4n) is 0.884. The van der Waals surface area contributed by atoms with Gasteiger partial charge in [0.05, 0.1) is 9.79 Å². The van der Waals surface area contributed by atoms with Gasteiger partial charge < -0.3 is 4.55 Å². The van der Waals surface area contributed by atoms with Crippen LogP contribution < -0.4 is 0 Å². The van der Waals surface area contributed by atoms with Gasteiger partial charge in [0.25, 0.3) is 0 Å². The molecule has 1 aromatic carbocycles. The lowest BCUT2D eigenvalue weighted by Gasteiger charge is -2.13. The van der Waals surface area contributed by atoms with Crippen LogP contribution in [0.1, 0.15) is 0 Å². The molecule has 0 aliphatic rings. The smallest absolute Gasteiger partial charge is 0.239 e. The molecule has 0 aromatic heterocycles. The Kier molecular flexibility index (Phi) is 4.76. The average molecular weight is 457 g/mol. The van der Waals surface area contributed by atoms with Crippen LogP contribution in [0, 0.1) is 0 Å². The first-order valence-electron chi connectivity index (χ1n) is 3.68. The largest absolute Gasteiger partial charge is 0.302 e. The minimum atomic E-state index is -3.73. The van der Waals surface area contributed by atoms with Crippen molar-refractivity contribution in [3.8, 4) is 0 Å². The molecule has 0 saturated heterocycles. The highest BCUT2D eigenvalue weighted by molar-refractivity contribution is 9.42. The van der Waals surface area contributed by atoms with Crippen molar-refractivity contribution < 1.29 is 17.2 Å². The summed E-state index contributed by atoms with van der Waals surface area (Å²) in [6.45, 7) is 0. The number of halogens is 3. The minimum absolute atomic E-state index is 0.0258. The SMILES string of the molecule is O=S(O)c1cccc(S(=O)(=O)C(Br)(Br)Br)c1. The van der Waals surface area contributed by atoms with Gasteiger partial charge in [0, 0.05) is 0 Å². The van der Waals surface area contributed by atoms with E-state index in [1.54, 1.807) is 0 Å². The minimum Gasteiger partial charge on any atom is -0.302 e. The van der Waals surface area contributed by atoms with Gasteiger partial charge in [-0.2, -0.15) is 0 Å². The Hall–Kier alpha value is 0.720. The second kappa shape index (κ2) is 5.15. The average Bonchev–Trinajstić information content (AvgIpc) is 2.16. The van der Waals surface area contributed by atoms with Crippen molar-refractivity contribution in [2.75, 3.05) is 0 Å². The zero-order valence-corrected chi connectivity index (χ0v) is 13.8. The first kappa shape index (κ1) is 14.8. The summed E-state index contributed by atoms with van der Waals surface area (Å²) in [6, 6.07) is 5.25. The Bertz CT molecular complexity index is 521. The molecule has 0 aliphatic heterocycles. The number of benzene rings is 1. The van der Waals surface area contributed by atoms with Crippen molar-refractivity contribution in [3.63, 3.8) is 0 Å². The molecule has 0 saturated carbocycles. The number of hydrogen-bond donors (Lipinski definition) is 1. The van der Waals surface area contributed by atoms with Crippen LogP contribution in [-0.4, -0.2) is 18.7 Å². The molecule has 0 radical (unpaired) electrons. The lowest BCUT2D eigenvalue weighted by molar-refractivity contribution is 0.564. The van der Waals surface area contributed by atoms with Crippen molar-refractivity contribution in [2.24, 2.45) is 0 Å². The predicted molar refractivity (Wildman–Crippen MR) is 72.2 cm³/mol. The van der Waals surface area contributed by atoms with Crippen LogP contribution in [0.4, 0.5) is 0 Å². The molecule has 1 rings (SSSR count). The molecule has 1 aromatic rings. The van der Waals surface area contributed by atoms with Gasteiger partial charge in [0.15, 0.2) is 11.1 Å². The lowest BCUT2D eigenvalue weighted by atomic mass is 10.4. The number of alkyl halides is 3. The molecular weight excluding hydrogens is 452 g/mol. The zero-order valence-electron chi connectivity index (χ0n) is 7.43. The number of sulfone groups is 1. The van der Waals surface area contributed by atoms with E-state index in [1.807, 2.05) is 0 Å². The molecule has 4 nitrogen and oxygen atoms in total. The molecule has 9 heteroatoms. The quantitative estimate of drug-likeness (QED) is 0.548. The Balaban J connectivity index is 3.36. The molecule has 0 spiro atoms. The van der Waals surface area contributed by atoms with E-state index in [1.165, 1.54) is 18.2 Å². The molecule has 0 heterocycles. The van der Waals surface area contributed by atoms with Gasteiger partial charge in [0.1, 0.15) is 0 Å². The highest BCUT2D eigenvalue weighted by Gasteiger charge is 2.37. The summed E-state index contributed by atoms with van der Waals surface area (Å²) >= 11 is 6.50. The van der Waals surface area contributed by atoms with Gasteiger partial charge in [-0.25, -0.2) is 12.6 Å². The van der Waals surface area contributed by atoms with Gasteiger partial charge in [0.2, 0.25) is 11.3 Å².